The first-order valence-corrected chi connectivity index (χ1v) is 5.73. The number of hydrogen-bond acceptors (Lipinski definition) is 3. The van der Waals surface area contributed by atoms with Crippen molar-refractivity contribution in [1.29, 1.82) is 0 Å². The van der Waals surface area contributed by atoms with Crippen molar-refractivity contribution < 1.29 is 4.74 Å². The molecule has 0 aliphatic rings. The van der Waals surface area contributed by atoms with Crippen LogP contribution in [0.2, 0.25) is 0 Å². The number of methoxy groups -OCH3 is 1. The average molecular weight is 273 g/mol. The molecule has 4 N–H and O–H groups in total. The maximum atomic E-state index is 5.63. The van der Waals surface area contributed by atoms with Crippen LogP contribution in [0.15, 0.2) is 22.7 Å². The minimum atomic E-state index is 0.313. The summed E-state index contributed by atoms with van der Waals surface area (Å²) in [5, 5.41) is 0. The fraction of sp³-hybridized carbons (Fsp3) is 0.455. The van der Waals surface area contributed by atoms with Crippen LogP contribution in [0.25, 0.3) is 0 Å². The Morgan fingerprint density at radius 1 is 1.33 bits per heavy atom. The van der Waals surface area contributed by atoms with Crippen LogP contribution in [0.1, 0.15) is 5.56 Å². The number of hydrogen-bond donors (Lipinski definition) is 2. The molecule has 0 amide bonds. The maximum absolute atomic E-state index is 5.63. The van der Waals surface area contributed by atoms with Crippen molar-refractivity contribution in [2.75, 3.05) is 20.2 Å². The third-order valence-electron chi connectivity index (χ3n) is 2.42. The van der Waals surface area contributed by atoms with Crippen molar-refractivity contribution in [3.63, 3.8) is 0 Å². The Morgan fingerprint density at radius 2 is 2.00 bits per heavy atom. The van der Waals surface area contributed by atoms with Gasteiger partial charge >= 0.3 is 0 Å². The van der Waals surface area contributed by atoms with Crippen molar-refractivity contribution in [3.8, 4) is 5.75 Å². The molecule has 0 aliphatic carbocycles. The number of nitrogens with two attached hydrogens (primary N) is 2. The summed E-state index contributed by atoms with van der Waals surface area (Å²) in [6, 6.07) is 5.96. The highest BCUT2D eigenvalue weighted by Gasteiger charge is 2.10. The molecule has 1 aromatic carbocycles. The highest BCUT2D eigenvalue weighted by molar-refractivity contribution is 9.10. The van der Waals surface area contributed by atoms with Gasteiger partial charge in [0.1, 0.15) is 5.75 Å². The molecule has 0 radical (unpaired) electrons. The monoisotopic (exact) mass is 272 g/mol. The SMILES string of the molecule is COc1ccc(Br)cc1CC(CN)CN. The summed E-state index contributed by atoms with van der Waals surface area (Å²) in [4.78, 5) is 0. The normalized spacial score (nSPS) is 10.7. The molecule has 3 nitrogen and oxygen atoms in total. The van der Waals surface area contributed by atoms with E-state index in [1.54, 1.807) is 7.11 Å². The molecule has 0 saturated heterocycles. The Morgan fingerprint density at radius 3 is 2.53 bits per heavy atom. The second kappa shape index (κ2) is 6.10. The van der Waals surface area contributed by atoms with E-state index in [0.29, 0.717) is 19.0 Å². The minimum absolute atomic E-state index is 0.313. The van der Waals surface area contributed by atoms with E-state index >= 15 is 0 Å². The summed E-state index contributed by atoms with van der Waals surface area (Å²) >= 11 is 3.44. The van der Waals surface area contributed by atoms with Crippen LogP contribution in [0.4, 0.5) is 0 Å². The number of rotatable bonds is 5. The molecule has 0 aliphatic heterocycles. The van der Waals surface area contributed by atoms with Crippen molar-refractivity contribution in [2.45, 2.75) is 6.42 Å². The van der Waals surface area contributed by atoms with Crippen LogP contribution in [0.3, 0.4) is 0 Å². The third-order valence-corrected chi connectivity index (χ3v) is 2.91. The van der Waals surface area contributed by atoms with Crippen LogP contribution < -0.4 is 16.2 Å². The molecule has 4 heteroatoms. The molecule has 84 valence electrons. The van der Waals surface area contributed by atoms with Crippen LogP contribution >= 0.6 is 15.9 Å². The Hall–Kier alpha value is -0.580. The van der Waals surface area contributed by atoms with E-state index in [4.69, 9.17) is 16.2 Å². The predicted octanol–water partition coefficient (Wildman–Crippen LogP) is 1.53. The van der Waals surface area contributed by atoms with Gasteiger partial charge in [0.2, 0.25) is 0 Å². The van der Waals surface area contributed by atoms with Gasteiger partial charge in [-0.05, 0) is 49.2 Å². The lowest BCUT2D eigenvalue weighted by Crippen LogP contribution is -2.25. The zero-order valence-corrected chi connectivity index (χ0v) is 10.5. The smallest absolute Gasteiger partial charge is 0.122 e. The van der Waals surface area contributed by atoms with Gasteiger partial charge in [0.15, 0.2) is 0 Å². The molecular weight excluding hydrogens is 256 g/mol. The summed E-state index contributed by atoms with van der Waals surface area (Å²) in [5.41, 5.74) is 12.4. The standard InChI is InChI=1S/C11H17BrN2O/c1-15-11-3-2-10(12)5-9(11)4-8(6-13)7-14/h2-3,5,8H,4,6-7,13-14H2,1H3. The zero-order valence-electron chi connectivity index (χ0n) is 8.87. The van der Waals surface area contributed by atoms with E-state index in [1.165, 1.54) is 0 Å². The predicted molar refractivity (Wildman–Crippen MR) is 66.0 cm³/mol. The molecular formula is C11H17BrN2O. The van der Waals surface area contributed by atoms with Gasteiger partial charge in [0.05, 0.1) is 7.11 Å². The van der Waals surface area contributed by atoms with Crippen molar-refractivity contribution in [1.82, 2.24) is 0 Å². The fourth-order valence-electron chi connectivity index (χ4n) is 1.48. The second-order valence-electron chi connectivity index (χ2n) is 3.50. The van der Waals surface area contributed by atoms with Gasteiger partial charge in [0, 0.05) is 4.47 Å². The van der Waals surface area contributed by atoms with Crippen LogP contribution in [-0.2, 0) is 6.42 Å². The summed E-state index contributed by atoms with van der Waals surface area (Å²) in [6.45, 7) is 1.21. The van der Waals surface area contributed by atoms with E-state index < -0.39 is 0 Å². The number of benzene rings is 1. The van der Waals surface area contributed by atoms with Crippen LogP contribution in [-0.4, -0.2) is 20.2 Å². The molecule has 15 heavy (non-hydrogen) atoms. The van der Waals surface area contributed by atoms with Gasteiger partial charge in [-0.1, -0.05) is 15.9 Å². The van der Waals surface area contributed by atoms with E-state index in [2.05, 4.69) is 22.0 Å². The lowest BCUT2D eigenvalue weighted by atomic mass is 9.99. The minimum Gasteiger partial charge on any atom is -0.496 e. The Kier molecular flexibility index (Phi) is 5.08. The summed E-state index contributed by atoms with van der Waals surface area (Å²) in [6.07, 6.45) is 0.857. The number of ether oxygens (including phenoxy) is 1. The lowest BCUT2D eigenvalue weighted by Gasteiger charge is -2.14. The first-order valence-electron chi connectivity index (χ1n) is 4.93. The van der Waals surface area contributed by atoms with Gasteiger partial charge in [-0.3, -0.25) is 0 Å². The first-order chi connectivity index (χ1) is 7.21. The second-order valence-corrected chi connectivity index (χ2v) is 4.41. The summed E-state index contributed by atoms with van der Waals surface area (Å²) in [7, 11) is 1.67. The molecule has 0 bridgehead atoms. The molecule has 0 spiro atoms. The molecule has 0 aromatic heterocycles. The van der Waals surface area contributed by atoms with E-state index in [-0.39, 0.29) is 0 Å². The van der Waals surface area contributed by atoms with Gasteiger partial charge in [-0.2, -0.15) is 0 Å². The van der Waals surface area contributed by atoms with Crippen molar-refractivity contribution >= 4 is 15.9 Å². The molecule has 0 atom stereocenters. The molecule has 0 heterocycles. The molecule has 1 aromatic rings. The Labute approximate surface area is 98.9 Å². The van der Waals surface area contributed by atoms with Gasteiger partial charge in [0.25, 0.3) is 0 Å². The molecule has 0 fully saturated rings. The van der Waals surface area contributed by atoms with Crippen LogP contribution in [0, 0.1) is 5.92 Å². The zero-order chi connectivity index (χ0) is 11.3. The maximum Gasteiger partial charge on any atom is 0.122 e. The van der Waals surface area contributed by atoms with Crippen LogP contribution in [0.5, 0.6) is 5.75 Å². The first kappa shape index (κ1) is 12.5. The molecule has 1 rings (SSSR count). The number of halogens is 1. The summed E-state index contributed by atoms with van der Waals surface area (Å²) < 4.78 is 6.34. The van der Waals surface area contributed by atoms with E-state index in [9.17, 15) is 0 Å². The quantitative estimate of drug-likeness (QED) is 0.855. The van der Waals surface area contributed by atoms with Crippen molar-refractivity contribution in [3.05, 3.63) is 28.2 Å². The van der Waals surface area contributed by atoms with Gasteiger partial charge in [-0.25, -0.2) is 0 Å². The van der Waals surface area contributed by atoms with E-state index in [0.717, 1.165) is 22.2 Å². The third kappa shape index (κ3) is 3.48. The highest BCUT2D eigenvalue weighted by atomic mass is 79.9. The van der Waals surface area contributed by atoms with E-state index in [1.807, 2.05) is 12.1 Å². The fourth-order valence-corrected chi connectivity index (χ4v) is 1.89. The van der Waals surface area contributed by atoms with Gasteiger partial charge < -0.3 is 16.2 Å². The lowest BCUT2D eigenvalue weighted by molar-refractivity contribution is 0.404. The topological polar surface area (TPSA) is 61.3 Å². The highest BCUT2D eigenvalue weighted by Crippen LogP contribution is 2.25. The molecule has 0 saturated carbocycles. The largest absolute Gasteiger partial charge is 0.496 e. The van der Waals surface area contributed by atoms with Gasteiger partial charge in [-0.15, -0.1) is 0 Å². The Balaban J connectivity index is 2.86. The Bertz CT molecular complexity index is 313. The van der Waals surface area contributed by atoms with Crippen molar-refractivity contribution in [2.24, 2.45) is 17.4 Å². The summed E-state index contributed by atoms with van der Waals surface area (Å²) in [5.74, 6) is 1.21. The average Bonchev–Trinajstić information content (AvgIpc) is 2.26. The molecule has 0 unspecified atom stereocenters.